The van der Waals surface area contributed by atoms with Crippen LogP contribution in [0.3, 0.4) is 0 Å². The molecule has 0 atom stereocenters. The third-order valence-corrected chi connectivity index (χ3v) is 2.37. The third kappa shape index (κ3) is 2.35. The number of Topliss-reactive ketones (excluding diaryl/α,β-unsaturated/α-hetero) is 1. The summed E-state index contributed by atoms with van der Waals surface area (Å²) in [5.41, 5.74) is -1.74. The van der Waals surface area contributed by atoms with Crippen LogP contribution in [0.2, 0.25) is 0 Å². The van der Waals surface area contributed by atoms with E-state index in [-0.39, 0.29) is 5.75 Å². The summed E-state index contributed by atoms with van der Waals surface area (Å²) in [6, 6.07) is 1.41. The van der Waals surface area contributed by atoms with Crippen LogP contribution in [-0.4, -0.2) is 22.7 Å². The molecule has 4 nitrogen and oxygen atoms in total. The number of nitro groups is 1. The molecule has 0 saturated carbocycles. The van der Waals surface area contributed by atoms with Crippen molar-refractivity contribution >= 4 is 23.2 Å². The monoisotopic (exact) mass is 247 g/mol. The summed E-state index contributed by atoms with van der Waals surface area (Å²) in [5, 5.41) is 10.4. The molecule has 0 aromatic heterocycles. The lowest BCUT2D eigenvalue weighted by atomic mass is 10.1. The predicted molar refractivity (Wildman–Crippen MR) is 55.7 cm³/mol. The standard InChI is InChI=1S/C9H7F2NO3S/c1-16-4-7(13)8-5(10)2-3-6(9(8)11)12(14)15/h2-3H,4H2,1H3. The number of benzene rings is 1. The molecule has 0 aliphatic heterocycles. The third-order valence-electron chi connectivity index (χ3n) is 1.82. The zero-order chi connectivity index (χ0) is 12.3. The van der Waals surface area contributed by atoms with Crippen molar-refractivity contribution in [1.82, 2.24) is 0 Å². The van der Waals surface area contributed by atoms with E-state index in [0.717, 1.165) is 17.8 Å². The lowest BCUT2D eigenvalue weighted by Gasteiger charge is -2.03. The van der Waals surface area contributed by atoms with Crippen molar-refractivity contribution in [3.05, 3.63) is 39.4 Å². The van der Waals surface area contributed by atoms with Gasteiger partial charge in [0.25, 0.3) is 0 Å². The number of halogens is 2. The van der Waals surface area contributed by atoms with E-state index in [2.05, 4.69) is 0 Å². The number of hydrogen-bond donors (Lipinski definition) is 0. The van der Waals surface area contributed by atoms with Crippen molar-refractivity contribution in [2.75, 3.05) is 12.0 Å². The molecule has 0 heterocycles. The fraction of sp³-hybridized carbons (Fsp3) is 0.222. The minimum atomic E-state index is -1.41. The number of carbonyl (C=O) groups excluding carboxylic acids is 1. The Kier molecular flexibility index (Phi) is 3.94. The number of carbonyl (C=O) groups is 1. The Labute approximate surface area is 93.8 Å². The molecule has 0 aliphatic carbocycles. The van der Waals surface area contributed by atoms with E-state index in [1.807, 2.05) is 0 Å². The van der Waals surface area contributed by atoms with Gasteiger partial charge in [-0.15, -0.1) is 0 Å². The molecular formula is C9H7F2NO3S. The van der Waals surface area contributed by atoms with Crippen LogP contribution in [-0.2, 0) is 0 Å². The van der Waals surface area contributed by atoms with Gasteiger partial charge in [0.15, 0.2) is 5.78 Å². The van der Waals surface area contributed by atoms with Gasteiger partial charge in [-0.2, -0.15) is 16.2 Å². The topological polar surface area (TPSA) is 60.2 Å². The molecule has 0 N–H and O–H groups in total. The molecule has 1 rings (SSSR count). The van der Waals surface area contributed by atoms with E-state index >= 15 is 0 Å². The highest BCUT2D eigenvalue weighted by Crippen LogP contribution is 2.24. The second kappa shape index (κ2) is 5.02. The molecule has 0 fully saturated rings. The van der Waals surface area contributed by atoms with Crippen LogP contribution in [0, 0.1) is 21.7 Å². The van der Waals surface area contributed by atoms with Gasteiger partial charge in [-0.3, -0.25) is 14.9 Å². The minimum Gasteiger partial charge on any atom is -0.293 e. The van der Waals surface area contributed by atoms with Crippen LogP contribution in [0.1, 0.15) is 10.4 Å². The number of ketones is 1. The lowest BCUT2D eigenvalue weighted by Crippen LogP contribution is -2.10. The highest BCUT2D eigenvalue weighted by atomic mass is 32.2. The van der Waals surface area contributed by atoms with Crippen LogP contribution in [0.4, 0.5) is 14.5 Å². The normalized spacial score (nSPS) is 10.2. The number of nitro benzene ring substituents is 1. The molecule has 16 heavy (non-hydrogen) atoms. The van der Waals surface area contributed by atoms with Crippen LogP contribution in [0.15, 0.2) is 12.1 Å². The van der Waals surface area contributed by atoms with E-state index < -0.39 is 33.6 Å². The molecule has 86 valence electrons. The first kappa shape index (κ1) is 12.6. The maximum atomic E-state index is 13.4. The van der Waals surface area contributed by atoms with Crippen LogP contribution in [0.5, 0.6) is 0 Å². The van der Waals surface area contributed by atoms with Crippen molar-refractivity contribution in [1.29, 1.82) is 0 Å². The van der Waals surface area contributed by atoms with Gasteiger partial charge in [-0.25, -0.2) is 4.39 Å². The number of hydrogen-bond acceptors (Lipinski definition) is 4. The fourth-order valence-corrected chi connectivity index (χ4v) is 1.55. The smallest absolute Gasteiger partial charge is 0.293 e. The molecule has 0 unspecified atom stereocenters. The van der Waals surface area contributed by atoms with Gasteiger partial charge in [0, 0.05) is 6.07 Å². The quantitative estimate of drug-likeness (QED) is 0.465. The maximum absolute atomic E-state index is 13.4. The van der Waals surface area contributed by atoms with Gasteiger partial charge in [0.2, 0.25) is 5.82 Å². The van der Waals surface area contributed by atoms with Crippen molar-refractivity contribution in [3.8, 4) is 0 Å². The molecule has 0 amide bonds. The molecule has 0 spiro atoms. The zero-order valence-electron chi connectivity index (χ0n) is 8.20. The van der Waals surface area contributed by atoms with Crippen molar-refractivity contribution in [2.45, 2.75) is 0 Å². The summed E-state index contributed by atoms with van der Waals surface area (Å²) in [6.07, 6.45) is 1.59. The first-order valence-corrected chi connectivity index (χ1v) is 5.53. The molecule has 1 aromatic carbocycles. The van der Waals surface area contributed by atoms with Gasteiger partial charge in [0.05, 0.1) is 16.2 Å². The van der Waals surface area contributed by atoms with Gasteiger partial charge >= 0.3 is 5.69 Å². The molecule has 0 aliphatic rings. The van der Waals surface area contributed by atoms with E-state index in [9.17, 15) is 23.7 Å². The molecule has 7 heteroatoms. The van der Waals surface area contributed by atoms with Crippen LogP contribution < -0.4 is 0 Å². The summed E-state index contributed by atoms with van der Waals surface area (Å²) in [7, 11) is 0. The summed E-state index contributed by atoms with van der Waals surface area (Å²) < 4.78 is 26.6. The van der Waals surface area contributed by atoms with Crippen molar-refractivity contribution in [2.24, 2.45) is 0 Å². The Hall–Kier alpha value is -1.50. The zero-order valence-corrected chi connectivity index (χ0v) is 9.01. The van der Waals surface area contributed by atoms with E-state index in [1.165, 1.54) is 0 Å². The van der Waals surface area contributed by atoms with E-state index in [4.69, 9.17) is 0 Å². The molecule has 1 aromatic rings. The van der Waals surface area contributed by atoms with E-state index in [1.54, 1.807) is 6.26 Å². The average Bonchev–Trinajstić information content (AvgIpc) is 2.17. The second-order valence-electron chi connectivity index (χ2n) is 2.87. The molecule has 0 bridgehead atoms. The minimum absolute atomic E-state index is 0.130. The van der Waals surface area contributed by atoms with Gasteiger partial charge < -0.3 is 0 Å². The summed E-state index contributed by atoms with van der Waals surface area (Å²) in [4.78, 5) is 20.7. The SMILES string of the molecule is CSCC(=O)c1c(F)ccc([N+](=O)[O-])c1F. The van der Waals surface area contributed by atoms with Crippen molar-refractivity contribution in [3.63, 3.8) is 0 Å². The Balaban J connectivity index is 3.31. The van der Waals surface area contributed by atoms with Gasteiger partial charge in [-0.1, -0.05) is 0 Å². The van der Waals surface area contributed by atoms with Crippen molar-refractivity contribution < 1.29 is 18.5 Å². The first-order chi connectivity index (χ1) is 7.49. The first-order valence-electron chi connectivity index (χ1n) is 4.13. The van der Waals surface area contributed by atoms with Gasteiger partial charge in [-0.05, 0) is 12.3 Å². The summed E-state index contributed by atoms with van der Waals surface area (Å²) >= 11 is 1.08. The predicted octanol–water partition coefficient (Wildman–Crippen LogP) is 2.42. The highest BCUT2D eigenvalue weighted by molar-refractivity contribution is 7.99. The summed E-state index contributed by atoms with van der Waals surface area (Å²) in [5.74, 6) is -3.42. The average molecular weight is 247 g/mol. The number of rotatable bonds is 4. The number of nitrogens with zero attached hydrogens (tertiary/aromatic N) is 1. The Morgan fingerprint density at radius 2 is 2.12 bits per heavy atom. The number of thioether (sulfide) groups is 1. The lowest BCUT2D eigenvalue weighted by molar-refractivity contribution is -0.387. The van der Waals surface area contributed by atoms with Gasteiger partial charge in [0.1, 0.15) is 5.82 Å². The Bertz CT molecular complexity index is 451. The Morgan fingerprint density at radius 3 is 2.62 bits per heavy atom. The molecular weight excluding hydrogens is 240 g/mol. The van der Waals surface area contributed by atoms with Crippen LogP contribution >= 0.6 is 11.8 Å². The van der Waals surface area contributed by atoms with E-state index in [0.29, 0.717) is 6.07 Å². The largest absolute Gasteiger partial charge is 0.305 e. The second-order valence-corrected chi connectivity index (χ2v) is 3.73. The highest BCUT2D eigenvalue weighted by Gasteiger charge is 2.25. The maximum Gasteiger partial charge on any atom is 0.305 e. The summed E-state index contributed by atoms with van der Waals surface area (Å²) in [6.45, 7) is 0. The molecule has 0 radical (unpaired) electrons. The molecule has 0 saturated heterocycles. The van der Waals surface area contributed by atoms with Crippen LogP contribution in [0.25, 0.3) is 0 Å². The Morgan fingerprint density at radius 1 is 1.50 bits per heavy atom. The fourth-order valence-electron chi connectivity index (χ4n) is 1.14.